The highest BCUT2D eigenvalue weighted by Crippen LogP contribution is 2.22. The van der Waals surface area contributed by atoms with Crippen LogP contribution in [-0.4, -0.2) is 11.8 Å². The van der Waals surface area contributed by atoms with Gasteiger partial charge in [0.2, 0.25) is 11.8 Å². The maximum absolute atomic E-state index is 12.8. The number of furan rings is 1. The van der Waals surface area contributed by atoms with Crippen molar-refractivity contribution in [2.24, 2.45) is 0 Å². The maximum atomic E-state index is 12.8. The predicted octanol–water partition coefficient (Wildman–Crippen LogP) is 3.41. The van der Waals surface area contributed by atoms with Crippen molar-refractivity contribution in [3.8, 4) is 11.3 Å². The van der Waals surface area contributed by atoms with Crippen LogP contribution in [0.5, 0.6) is 0 Å². The van der Waals surface area contributed by atoms with Gasteiger partial charge in [-0.25, -0.2) is 4.39 Å². The van der Waals surface area contributed by atoms with E-state index >= 15 is 0 Å². The average molecular weight is 366 g/mol. The molecule has 0 aliphatic rings. The highest BCUT2D eigenvalue weighted by molar-refractivity contribution is 5.83. The first-order valence-corrected chi connectivity index (χ1v) is 8.56. The third-order valence-electron chi connectivity index (χ3n) is 3.94. The Kier molecular flexibility index (Phi) is 5.99. The summed E-state index contributed by atoms with van der Waals surface area (Å²) in [5.41, 5.74) is 6.35. The summed E-state index contributed by atoms with van der Waals surface area (Å²) in [5.74, 6) is 0.389. The van der Waals surface area contributed by atoms with E-state index in [0.29, 0.717) is 17.7 Å². The molecule has 0 aliphatic carbocycles. The molecule has 3 aromatic rings. The van der Waals surface area contributed by atoms with Crippen molar-refractivity contribution in [3.63, 3.8) is 0 Å². The zero-order chi connectivity index (χ0) is 19.1. The molecule has 0 saturated heterocycles. The minimum Gasteiger partial charge on any atom is -0.461 e. The van der Waals surface area contributed by atoms with Crippen LogP contribution in [0.1, 0.15) is 17.7 Å². The molecule has 0 bridgehead atoms. The number of nitrogens with one attached hydrogen (secondary N) is 2. The van der Waals surface area contributed by atoms with Gasteiger partial charge in [0.1, 0.15) is 17.3 Å². The fourth-order valence-corrected chi connectivity index (χ4v) is 2.54. The topological polar surface area (TPSA) is 71.3 Å². The zero-order valence-electron chi connectivity index (χ0n) is 14.6. The number of amides is 2. The SMILES string of the molecule is O=C(CCc1ccc(-c2ccccc2)o1)NNC(=O)Cc1ccc(F)cc1. The molecule has 27 heavy (non-hydrogen) atoms. The molecule has 2 N–H and O–H groups in total. The van der Waals surface area contributed by atoms with Gasteiger partial charge in [0.25, 0.3) is 0 Å². The maximum Gasteiger partial charge on any atom is 0.242 e. The monoisotopic (exact) mass is 366 g/mol. The summed E-state index contributed by atoms with van der Waals surface area (Å²) in [6, 6.07) is 19.0. The van der Waals surface area contributed by atoms with E-state index in [9.17, 15) is 14.0 Å². The third kappa shape index (κ3) is 5.54. The molecule has 1 heterocycles. The lowest BCUT2D eigenvalue weighted by atomic mass is 10.1. The Hall–Kier alpha value is -3.41. The van der Waals surface area contributed by atoms with Crippen LogP contribution in [0.15, 0.2) is 71.1 Å². The Bertz CT molecular complexity index is 905. The second-order valence-electron chi connectivity index (χ2n) is 6.03. The minimum atomic E-state index is -0.376. The molecule has 0 spiro atoms. The summed E-state index contributed by atoms with van der Waals surface area (Å²) in [6.45, 7) is 0. The van der Waals surface area contributed by atoms with E-state index in [-0.39, 0.29) is 30.5 Å². The van der Waals surface area contributed by atoms with E-state index in [1.165, 1.54) is 24.3 Å². The largest absolute Gasteiger partial charge is 0.461 e. The quantitative estimate of drug-likeness (QED) is 0.657. The Morgan fingerprint density at radius 2 is 1.56 bits per heavy atom. The lowest BCUT2D eigenvalue weighted by molar-refractivity contribution is -0.128. The first-order chi connectivity index (χ1) is 13.1. The van der Waals surface area contributed by atoms with Gasteiger partial charge in [-0.05, 0) is 29.8 Å². The number of hydrogen-bond donors (Lipinski definition) is 2. The van der Waals surface area contributed by atoms with Gasteiger partial charge in [-0.1, -0.05) is 42.5 Å². The molecule has 0 unspecified atom stereocenters. The van der Waals surface area contributed by atoms with Gasteiger partial charge in [-0.15, -0.1) is 0 Å². The van der Waals surface area contributed by atoms with Crippen LogP contribution < -0.4 is 10.9 Å². The molecule has 2 aromatic carbocycles. The fourth-order valence-electron chi connectivity index (χ4n) is 2.54. The molecule has 0 aliphatic heterocycles. The fraction of sp³-hybridized carbons (Fsp3) is 0.143. The molecule has 6 heteroatoms. The molecule has 138 valence electrons. The number of hydrazine groups is 1. The Morgan fingerprint density at radius 3 is 2.30 bits per heavy atom. The van der Waals surface area contributed by atoms with Gasteiger partial charge in [0.15, 0.2) is 0 Å². The van der Waals surface area contributed by atoms with E-state index in [4.69, 9.17) is 4.42 Å². The summed E-state index contributed by atoms with van der Waals surface area (Å²) in [7, 11) is 0. The van der Waals surface area contributed by atoms with Crippen LogP contribution in [0.4, 0.5) is 4.39 Å². The van der Waals surface area contributed by atoms with Crippen molar-refractivity contribution in [1.82, 2.24) is 10.9 Å². The summed E-state index contributed by atoms with van der Waals surface area (Å²) < 4.78 is 18.6. The number of carbonyl (C=O) groups is 2. The Balaban J connectivity index is 1.41. The Labute approximate surface area is 156 Å². The number of hydrogen-bond acceptors (Lipinski definition) is 3. The van der Waals surface area contributed by atoms with E-state index in [0.717, 1.165) is 11.3 Å². The van der Waals surface area contributed by atoms with E-state index < -0.39 is 0 Å². The molecule has 0 atom stereocenters. The van der Waals surface area contributed by atoms with Gasteiger partial charge in [-0.2, -0.15) is 0 Å². The van der Waals surface area contributed by atoms with E-state index in [2.05, 4.69) is 10.9 Å². The number of carbonyl (C=O) groups excluding carboxylic acids is 2. The number of benzene rings is 2. The summed E-state index contributed by atoms with van der Waals surface area (Å²) >= 11 is 0. The molecule has 0 saturated carbocycles. The summed E-state index contributed by atoms with van der Waals surface area (Å²) in [5, 5.41) is 0. The zero-order valence-corrected chi connectivity index (χ0v) is 14.6. The van der Waals surface area contributed by atoms with Crippen molar-refractivity contribution in [3.05, 3.63) is 83.9 Å². The lowest BCUT2D eigenvalue weighted by Crippen LogP contribution is -2.42. The molecule has 5 nitrogen and oxygen atoms in total. The minimum absolute atomic E-state index is 0.0547. The molecule has 1 aromatic heterocycles. The molecular weight excluding hydrogens is 347 g/mol. The van der Waals surface area contributed by atoms with E-state index in [1.807, 2.05) is 42.5 Å². The number of aryl methyl sites for hydroxylation is 1. The van der Waals surface area contributed by atoms with Gasteiger partial charge in [0, 0.05) is 18.4 Å². The van der Waals surface area contributed by atoms with Gasteiger partial charge in [0.05, 0.1) is 6.42 Å². The standard InChI is InChI=1S/C21H19FN2O3/c22-17-8-6-15(7-9-17)14-21(26)24-23-20(25)13-11-18-10-12-19(27-18)16-4-2-1-3-5-16/h1-10,12H,11,13-14H2,(H,23,25)(H,24,26). The van der Waals surface area contributed by atoms with Crippen LogP contribution in [0.2, 0.25) is 0 Å². The highest BCUT2D eigenvalue weighted by atomic mass is 19.1. The second-order valence-corrected chi connectivity index (χ2v) is 6.03. The molecule has 0 radical (unpaired) electrons. The third-order valence-corrected chi connectivity index (χ3v) is 3.94. The molecule has 3 rings (SSSR count). The smallest absolute Gasteiger partial charge is 0.242 e. The van der Waals surface area contributed by atoms with Gasteiger partial charge >= 0.3 is 0 Å². The number of rotatable bonds is 6. The van der Waals surface area contributed by atoms with Gasteiger partial charge in [-0.3, -0.25) is 20.4 Å². The van der Waals surface area contributed by atoms with Crippen LogP contribution in [-0.2, 0) is 22.4 Å². The normalized spacial score (nSPS) is 10.4. The van der Waals surface area contributed by atoms with Gasteiger partial charge < -0.3 is 4.42 Å². The summed E-state index contributed by atoms with van der Waals surface area (Å²) in [6.07, 6.45) is 0.657. The van der Waals surface area contributed by atoms with Crippen LogP contribution in [0.3, 0.4) is 0 Å². The van der Waals surface area contributed by atoms with Crippen LogP contribution >= 0.6 is 0 Å². The summed E-state index contributed by atoms with van der Waals surface area (Å²) in [4.78, 5) is 23.7. The first-order valence-electron chi connectivity index (χ1n) is 8.56. The average Bonchev–Trinajstić information content (AvgIpc) is 3.16. The molecular formula is C21H19FN2O3. The van der Waals surface area contributed by atoms with Crippen molar-refractivity contribution in [1.29, 1.82) is 0 Å². The van der Waals surface area contributed by atoms with Crippen LogP contribution in [0.25, 0.3) is 11.3 Å². The second kappa shape index (κ2) is 8.80. The number of halogens is 1. The lowest BCUT2D eigenvalue weighted by Gasteiger charge is -2.07. The molecule has 0 fully saturated rings. The van der Waals surface area contributed by atoms with E-state index in [1.54, 1.807) is 0 Å². The predicted molar refractivity (Wildman–Crippen MR) is 98.9 cm³/mol. The first kappa shape index (κ1) is 18.4. The van der Waals surface area contributed by atoms with Crippen molar-refractivity contribution < 1.29 is 18.4 Å². The Morgan fingerprint density at radius 1 is 0.852 bits per heavy atom. The van der Waals surface area contributed by atoms with Crippen molar-refractivity contribution >= 4 is 11.8 Å². The highest BCUT2D eigenvalue weighted by Gasteiger charge is 2.09. The molecule has 2 amide bonds. The van der Waals surface area contributed by atoms with Crippen molar-refractivity contribution in [2.75, 3.05) is 0 Å². The van der Waals surface area contributed by atoms with Crippen molar-refractivity contribution in [2.45, 2.75) is 19.3 Å². The van der Waals surface area contributed by atoms with Crippen LogP contribution in [0, 0.1) is 5.82 Å².